The van der Waals surface area contributed by atoms with Crippen LogP contribution in [0.1, 0.15) is 38.5 Å². The molecule has 0 atom stereocenters. The maximum atomic E-state index is 12.4. The zero-order valence-electron chi connectivity index (χ0n) is 16.6. The van der Waals surface area contributed by atoms with Crippen molar-refractivity contribution in [3.63, 3.8) is 0 Å². The lowest BCUT2D eigenvalue weighted by Gasteiger charge is -2.10. The van der Waals surface area contributed by atoms with Crippen LogP contribution in [0.15, 0.2) is 71.3 Å². The summed E-state index contributed by atoms with van der Waals surface area (Å²) in [6, 6.07) is 17.8. The second-order valence-corrected chi connectivity index (χ2v) is 6.73. The number of nitrogens with one attached hydrogen (secondary N) is 3. The fourth-order valence-corrected chi connectivity index (χ4v) is 2.77. The van der Waals surface area contributed by atoms with E-state index in [1.165, 1.54) is 6.26 Å². The van der Waals surface area contributed by atoms with E-state index in [-0.39, 0.29) is 30.5 Å². The van der Waals surface area contributed by atoms with Gasteiger partial charge in [-0.25, -0.2) is 0 Å². The minimum Gasteiger partial charge on any atom is -0.459 e. The molecule has 30 heavy (non-hydrogen) atoms. The first kappa shape index (κ1) is 20.9. The maximum Gasteiger partial charge on any atom is 0.291 e. The minimum absolute atomic E-state index is 0.144. The van der Waals surface area contributed by atoms with Crippen LogP contribution in [0.3, 0.4) is 0 Å². The second-order valence-electron chi connectivity index (χ2n) is 6.73. The number of rotatable bonds is 8. The normalized spacial score (nSPS) is 10.3. The van der Waals surface area contributed by atoms with Crippen molar-refractivity contribution in [2.45, 2.75) is 19.9 Å². The maximum absolute atomic E-state index is 12.4. The van der Waals surface area contributed by atoms with Crippen molar-refractivity contribution in [2.24, 2.45) is 0 Å². The molecule has 0 saturated carbocycles. The molecule has 3 amide bonds. The monoisotopic (exact) mass is 405 g/mol. The molecule has 1 heterocycles. The van der Waals surface area contributed by atoms with Gasteiger partial charge in [0.2, 0.25) is 5.91 Å². The molecule has 154 valence electrons. The Kier molecular flexibility index (Phi) is 7.00. The van der Waals surface area contributed by atoms with Crippen LogP contribution in [-0.4, -0.2) is 24.3 Å². The van der Waals surface area contributed by atoms with Gasteiger partial charge in [0.15, 0.2) is 5.76 Å². The zero-order valence-corrected chi connectivity index (χ0v) is 16.6. The summed E-state index contributed by atoms with van der Waals surface area (Å²) >= 11 is 0. The molecule has 1 aromatic heterocycles. The van der Waals surface area contributed by atoms with E-state index >= 15 is 0 Å². The largest absolute Gasteiger partial charge is 0.459 e. The summed E-state index contributed by atoms with van der Waals surface area (Å²) in [5.74, 6) is -0.671. The van der Waals surface area contributed by atoms with Crippen LogP contribution in [-0.2, 0) is 11.3 Å². The summed E-state index contributed by atoms with van der Waals surface area (Å²) < 4.78 is 5.08. The fraction of sp³-hybridized carbons (Fsp3) is 0.174. The Balaban J connectivity index is 1.49. The van der Waals surface area contributed by atoms with E-state index < -0.39 is 5.91 Å². The van der Waals surface area contributed by atoms with Gasteiger partial charge in [0.05, 0.1) is 6.26 Å². The average Bonchev–Trinajstić information content (AvgIpc) is 3.29. The number of anilines is 1. The zero-order chi connectivity index (χ0) is 21.3. The van der Waals surface area contributed by atoms with Crippen LogP contribution in [0.4, 0.5) is 5.69 Å². The Morgan fingerprint density at radius 2 is 1.70 bits per heavy atom. The molecule has 3 N–H and O–H groups in total. The molecule has 0 bridgehead atoms. The summed E-state index contributed by atoms with van der Waals surface area (Å²) in [6.45, 7) is 2.49. The van der Waals surface area contributed by atoms with Gasteiger partial charge in [-0.3, -0.25) is 14.4 Å². The van der Waals surface area contributed by atoms with E-state index in [1.807, 2.05) is 37.3 Å². The van der Waals surface area contributed by atoms with Crippen LogP contribution >= 0.6 is 0 Å². The van der Waals surface area contributed by atoms with Gasteiger partial charge in [-0.2, -0.15) is 0 Å². The Morgan fingerprint density at radius 3 is 2.43 bits per heavy atom. The minimum atomic E-state index is -0.393. The lowest BCUT2D eigenvalue weighted by atomic mass is 10.1. The van der Waals surface area contributed by atoms with Crippen molar-refractivity contribution in [1.82, 2.24) is 10.6 Å². The van der Waals surface area contributed by atoms with Crippen LogP contribution < -0.4 is 16.0 Å². The van der Waals surface area contributed by atoms with E-state index in [4.69, 9.17) is 4.42 Å². The van der Waals surface area contributed by atoms with Crippen molar-refractivity contribution in [1.29, 1.82) is 0 Å². The van der Waals surface area contributed by atoms with Crippen molar-refractivity contribution < 1.29 is 18.8 Å². The quantitative estimate of drug-likeness (QED) is 0.535. The summed E-state index contributed by atoms with van der Waals surface area (Å²) in [4.78, 5) is 36.5. The third kappa shape index (κ3) is 5.81. The number of carbonyl (C=O) groups excluding carboxylic acids is 3. The smallest absolute Gasteiger partial charge is 0.291 e. The van der Waals surface area contributed by atoms with E-state index in [0.29, 0.717) is 17.8 Å². The van der Waals surface area contributed by atoms with Crippen molar-refractivity contribution in [3.8, 4) is 0 Å². The van der Waals surface area contributed by atoms with Gasteiger partial charge in [0.25, 0.3) is 11.8 Å². The predicted molar refractivity (Wildman–Crippen MR) is 113 cm³/mol. The average molecular weight is 405 g/mol. The van der Waals surface area contributed by atoms with Crippen LogP contribution in [0, 0.1) is 6.92 Å². The molecule has 3 rings (SSSR count). The van der Waals surface area contributed by atoms with Crippen LogP contribution in [0.5, 0.6) is 0 Å². The molecule has 0 saturated heterocycles. The topological polar surface area (TPSA) is 100 Å². The van der Waals surface area contributed by atoms with Gasteiger partial charge >= 0.3 is 0 Å². The lowest BCUT2D eigenvalue weighted by molar-refractivity contribution is -0.121. The van der Waals surface area contributed by atoms with E-state index in [2.05, 4.69) is 16.0 Å². The van der Waals surface area contributed by atoms with Crippen LogP contribution in [0.2, 0.25) is 0 Å². The molecule has 7 nitrogen and oxygen atoms in total. The molecule has 0 aliphatic carbocycles. The van der Waals surface area contributed by atoms with E-state index in [1.54, 1.807) is 30.3 Å². The summed E-state index contributed by atoms with van der Waals surface area (Å²) in [5.41, 5.74) is 2.73. The molecule has 2 aromatic carbocycles. The van der Waals surface area contributed by atoms with Gasteiger partial charge in [-0.1, -0.05) is 36.4 Å². The Hall–Kier alpha value is -3.87. The first-order chi connectivity index (χ1) is 14.5. The Labute approximate surface area is 174 Å². The van der Waals surface area contributed by atoms with Gasteiger partial charge in [0, 0.05) is 30.8 Å². The Bertz CT molecular complexity index is 1010. The lowest BCUT2D eigenvalue weighted by Crippen LogP contribution is -2.30. The Morgan fingerprint density at radius 1 is 0.900 bits per heavy atom. The highest BCUT2D eigenvalue weighted by atomic mass is 16.3. The van der Waals surface area contributed by atoms with E-state index in [0.717, 1.165) is 11.1 Å². The highest BCUT2D eigenvalue weighted by molar-refractivity contribution is 6.04. The van der Waals surface area contributed by atoms with Crippen molar-refractivity contribution >= 4 is 23.4 Å². The van der Waals surface area contributed by atoms with Gasteiger partial charge in [0.1, 0.15) is 0 Å². The molecule has 0 spiro atoms. The molecule has 0 aliphatic rings. The van der Waals surface area contributed by atoms with Gasteiger partial charge < -0.3 is 20.4 Å². The highest BCUT2D eigenvalue weighted by Gasteiger charge is 2.13. The molecular formula is C23H23N3O4. The van der Waals surface area contributed by atoms with Crippen molar-refractivity contribution in [3.05, 3.63) is 89.4 Å². The molecule has 0 radical (unpaired) electrons. The van der Waals surface area contributed by atoms with Crippen molar-refractivity contribution in [2.75, 3.05) is 11.9 Å². The molecule has 0 fully saturated rings. The number of aryl methyl sites for hydroxylation is 1. The summed E-state index contributed by atoms with van der Waals surface area (Å²) in [5, 5.41) is 8.28. The number of amides is 3. The number of carbonyl (C=O) groups is 3. The summed E-state index contributed by atoms with van der Waals surface area (Å²) in [7, 11) is 0. The third-order valence-electron chi connectivity index (χ3n) is 4.46. The molecule has 0 aliphatic heterocycles. The first-order valence-electron chi connectivity index (χ1n) is 9.57. The van der Waals surface area contributed by atoms with E-state index in [9.17, 15) is 14.4 Å². The first-order valence-corrected chi connectivity index (χ1v) is 9.57. The molecule has 7 heteroatoms. The fourth-order valence-electron chi connectivity index (χ4n) is 2.77. The third-order valence-corrected chi connectivity index (χ3v) is 4.46. The molecule has 3 aromatic rings. The standard InChI is InChI=1S/C23H23N3O4/c1-16-9-10-18(14-19(16)26-23(29)20-8-5-13-30-20)22(28)24-12-11-21(27)25-15-17-6-3-2-4-7-17/h2-10,13-14H,11-12,15H2,1H3,(H,24,28)(H,25,27)(H,26,29). The SMILES string of the molecule is Cc1ccc(C(=O)NCCC(=O)NCc2ccccc2)cc1NC(=O)c1ccco1. The van der Waals surface area contributed by atoms with Gasteiger partial charge in [-0.05, 0) is 42.3 Å². The van der Waals surface area contributed by atoms with Gasteiger partial charge in [-0.15, -0.1) is 0 Å². The highest BCUT2D eigenvalue weighted by Crippen LogP contribution is 2.18. The molecular weight excluding hydrogens is 382 g/mol. The summed E-state index contributed by atoms with van der Waals surface area (Å²) in [6.07, 6.45) is 1.59. The second kappa shape index (κ2) is 10.1. The number of hydrogen-bond acceptors (Lipinski definition) is 4. The number of furan rings is 1. The van der Waals surface area contributed by atoms with Crippen LogP contribution in [0.25, 0.3) is 0 Å². The predicted octanol–water partition coefficient (Wildman–Crippen LogP) is 3.28. The number of benzene rings is 2. The molecule has 0 unspecified atom stereocenters. The number of hydrogen-bond donors (Lipinski definition) is 3.